The first kappa shape index (κ1) is 18.4. The molecule has 0 aliphatic heterocycles. The number of hydrogen-bond acceptors (Lipinski definition) is 4. The predicted molar refractivity (Wildman–Crippen MR) is 113 cm³/mol. The van der Waals surface area contributed by atoms with Gasteiger partial charge in [-0.1, -0.05) is 48.5 Å². The van der Waals surface area contributed by atoms with E-state index in [2.05, 4.69) is 0 Å². The maximum absolute atomic E-state index is 10.3. The Morgan fingerprint density at radius 2 is 0.862 bits per heavy atom. The van der Waals surface area contributed by atoms with Gasteiger partial charge in [0.05, 0.1) is 0 Å². The smallest absolute Gasteiger partial charge is 0.123 e. The standard InChI is InChI=1S/C25H20O4/c26-18-11-9-16(22(14-18)20-5-1-3-7-24(20)28)13-17-10-12-19(27)15-23(17)21-6-2-4-8-25(21)29/h1-12,14-15,26-29H,13H2. The van der Waals surface area contributed by atoms with Crippen LogP contribution < -0.4 is 0 Å². The summed E-state index contributed by atoms with van der Waals surface area (Å²) in [6, 6.07) is 24.1. The molecule has 4 rings (SSSR count). The summed E-state index contributed by atoms with van der Waals surface area (Å²) in [5.41, 5.74) is 4.49. The van der Waals surface area contributed by atoms with Crippen molar-refractivity contribution in [1.82, 2.24) is 0 Å². The lowest BCUT2D eigenvalue weighted by molar-refractivity contribution is 0.473. The van der Waals surface area contributed by atoms with Crippen molar-refractivity contribution in [1.29, 1.82) is 0 Å². The molecule has 0 radical (unpaired) electrons. The molecule has 0 saturated heterocycles. The Hall–Kier alpha value is -3.92. The molecule has 0 atom stereocenters. The number of aromatic hydroxyl groups is 4. The average Bonchev–Trinajstić information content (AvgIpc) is 2.71. The lowest BCUT2D eigenvalue weighted by Gasteiger charge is -2.15. The summed E-state index contributed by atoms with van der Waals surface area (Å²) in [7, 11) is 0. The third-order valence-electron chi connectivity index (χ3n) is 4.96. The van der Waals surface area contributed by atoms with Gasteiger partial charge in [0.15, 0.2) is 0 Å². The van der Waals surface area contributed by atoms with Crippen LogP contribution in [0.2, 0.25) is 0 Å². The summed E-state index contributed by atoms with van der Waals surface area (Å²) >= 11 is 0. The zero-order chi connectivity index (χ0) is 20.4. The van der Waals surface area contributed by atoms with Gasteiger partial charge in [-0.3, -0.25) is 0 Å². The van der Waals surface area contributed by atoms with Crippen molar-refractivity contribution < 1.29 is 20.4 Å². The zero-order valence-electron chi connectivity index (χ0n) is 15.6. The van der Waals surface area contributed by atoms with Crippen molar-refractivity contribution in [2.45, 2.75) is 6.42 Å². The minimum atomic E-state index is 0.110. The van der Waals surface area contributed by atoms with Crippen LogP contribution in [0.25, 0.3) is 22.3 Å². The van der Waals surface area contributed by atoms with E-state index in [4.69, 9.17) is 0 Å². The van der Waals surface area contributed by atoms with Gasteiger partial charge >= 0.3 is 0 Å². The fraction of sp³-hybridized carbons (Fsp3) is 0.0400. The topological polar surface area (TPSA) is 80.9 Å². The molecule has 4 aromatic rings. The minimum absolute atomic E-state index is 0.110. The third kappa shape index (κ3) is 3.73. The summed E-state index contributed by atoms with van der Waals surface area (Å²) in [6.07, 6.45) is 0.480. The molecule has 4 nitrogen and oxygen atoms in total. The van der Waals surface area contributed by atoms with E-state index in [0.717, 1.165) is 22.3 Å². The molecule has 0 spiro atoms. The van der Waals surface area contributed by atoms with Crippen LogP contribution in [0, 0.1) is 0 Å². The number of phenols is 4. The average molecular weight is 384 g/mol. The van der Waals surface area contributed by atoms with Gasteiger partial charge in [0.2, 0.25) is 0 Å². The Balaban J connectivity index is 1.85. The highest BCUT2D eigenvalue weighted by Crippen LogP contribution is 2.38. The molecule has 0 aromatic heterocycles. The van der Waals surface area contributed by atoms with E-state index in [0.29, 0.717) is 17.5 Å². The summed E-state index contributed by atoms with van der Waals surface area (Å²) in [6.45, 7) is 0. The molecular weight excluding hydrogens is 364 g/mol. The molecule has 4 N–H and O–H groups in total. The fourth-order valence-corrected chi connectivity index (χ4v) is 3.55. The second kappa shape index (κ2) is 7.60. The fourth-order valence-electron chi connectivity index (χ4n) is 3.55. The molecule has 0 unspecified atom stereocenters. The maximum Gasteiger partial charge on any atom is 0.123 e. The quantitative estimate of drug-likeness (QED) is 0.378. The van der Waals surface area contributed by atoms with Gasteiger partial charge in [-0.15, -0.1) is 0 Å². The molecule has 4 aromatic carbocycles. The molecule has 0 heterocycles. The Morgan fingerprint density at radius 1 is 0.448 bits per heavy atom. The van der Waals surface area contributed by atoms with E-state index in [1.165, 1.54) is 0 Å². The molecule has 0 saturated carbocycles. The number of benzene rings is 4. The van der Waals surface area contributed by atoms with Gasteiger partial charge in [-0.05, 0) is 65.1 Å². The van der Waals surface area contributed by atoms with E-state index in [-0.39, 0.29) is 23.0 Å². The van der Waals surface area contributed by atoms with E-state index >= 15 is 0 Å². The summed E-state index contributed by atoms with van der Waals surface area (Å²) in [4.78, 5) is 0. The van der Waals surface area contributed by atoms with Gasteiger partial charge in [0.25, 0.3) is 0 Å². The van der Waals surface area contributed by atoms with Crippen molar-refractivity contribution in [3.63, 3.8) is 0 Å². The first-order valence-electron chi connectivity index (χ1n) is 9.23. The highest BCUT2D eigenvalue weighted by molar-refractivity contribution is 5.77. The van der Waals surface area contributed by atoms with Crippen molar-refractivity contribution in [3.8, 4) is 45.3 Å². The predicted octanol–water partition coefficient (Wildman–Crippen LogP) is 5.43. The number of para-hydroxylation sites is 2. The van der Waals surface area contributed by atoms with E-state index in [1.807, 2.05) is 24.3 Å². The third-order valence-corrected chi connectivity index (χ3v) is 4.96. The number of hydrogen-bond donors (Lipinski definition) is 4. The van der Waals surface area contributed by atoms with Crippen LogP contribution in [-0.4, -0.2) is 20.4 Å². The molecule has 4 heteroatoms. The zero-order valence-corrected chi connectivity index (χ0v) is 15.6. The van der Waals surface area contributed by atoms with Crippen LogP contribution in [0.4, 0.5) is 0 Å². The molecule has 0 aliphatic carbocycles. The van der Waals surface area contributed by atoms with Crippen LogP contribution in [0.3, 0.4) is 0 Å². The second-order valence-electron chi connectivity index (χ2n) is 6.89. The molecular formula is C25H20O4. The van der Waals surface area contributed by atoms with Crippen LogP contribution in [0.5, 0.6) is 23.0 Å². The first-order valence-corrected chi connectivity index (χ1v) is 9.23. The van der Waals surface area contributed by atoms with Gasteiger partial charge in [0, 0.05) is 11.1 Å². The highest BCUT2D eigenvalue weighted by atomic mass is 16.3. The molecule has 0 bridgehead atoms. The van der Waals surface area contributed by atoms with Gasteiger partial charge in [-0.2, -0.15) is 0 Å². The van der Waals surface area contributed by atoms with Gasteiger partial charge in [-0.25, -0.2) is 0 Å². The number of phenolic OH excluding ortho intramolecular Hbond substituents is 4. The number of rotatable bonds is 4. The van der Waals surface area contributed by atoms with Crippen LogP contribution in [0.1, 0.15) is 11.1 Å². The maximum atomic E-state index is 10.3. The van der Waals surface area contributed by atoms with Crippen molar-refractivity contribution in [2.24, 2.45) is 0 Å². The van der Waals surface area contributed by atoms with Crippen LogP contribution in [0.15, 0.2) is 84.9 Å². The highest BCUT2D eigenvalue weighted by Gasteiger charge is 2.15. The van der Waals surface area contributed by atoms with Crippen molar-refractivity contribution >= 4 is 0 Å². The first-order chi connectivity index (χ1) is 14.0. The largest absolute Gasteiger partial charge is 0.508 e. The molecule has 0 fully saturated rings. The minimum Gasteiger partial charge on any atom is -0.508 e. The van der Waals surface area contributed by atoms with Gasteiger partial charge < -0.3 is 20.4 Å². The lowest BCUT2D eigenvalue weighted by atomic mass is 9.90. The lowest BCUT2D eigenvalue weighted by Crippen LogP contribution is -1.96. The van der Waals surface area contributed by atoms with Gasteiger partial charge in [0.1, 0.15) is 23.0 Å². The molecule has 144 valence electrons. The Labute approximate surface area is 168 Å². The summed E-state index contributed by atoms with van der Waals surface area (Å²) < 4.78 is 0. The molecule has 29 heavy (non-hydrogen) atoms. The van der Waals surface area contributed by atoms with E-state index in [1.54, 1.807) is 60.7 Å². The van der Waals surface area contributed by atoms with Crippen LogP contribution >= 0.6 is 0 Å². The second-order valence-corrected chi connectivity index (χ2v) is 6.89. The normalized spacial score (nSPS) is 10.8. The summed E-state index contributed by atoms with van der Waals surface area (Å²) in [5, 5.41) is 40.6. The molecule has 0 aliphatic rings. The SMILES string of the molecule is Oc1ccc(Cc2ccc(O)cc2-c2ccccc2O)c(-c2ccccc2O)c1. The Bertz CT molecular complexity index is 1090. The van der Waals surface area contributed by atoms with E-state index < -0.39 is 0 Å². The van der Waals surface area contributed by atoms with E-state index in [9.17, 15) is 20.4 Å². The monoisotopic (exact) mass is 384 g/mol. The Morgan fingerprint density at radius 3 is 1.28 bits per heavy atom. The van der Waals surface area contributed by atoms with Crippen molar-refractivity contribution in [3.05, 3.63) is 96.1 Å². The summed E-state index contributed by atoms with van der Waals surface area (Å²) in [5.74, 6) is 0.481. The molecule has 0 amide bonds. The Kier molecular flexibility index (Phi) is 4.83. The van der Waals surface area contributed by atoms with Crippen molar-refractivity contribution in [2.75, 3.05) is 0 Å². The van der Waals surface area contributed by atoms with Crippen LogP contribution in [-0.2, 0) is 6.42 Å².